The summed E-state index contributed by atoms with van der Waals surface area (Å²) < 4.78 is 43.2. The number of guanidine groups is 1. The smallest absolute Gasteiger partial charge is 0.383 e. The Morgan fingerprint density at radius 1 is 1.35 bits per heavy atom. The Morgan fingerprint density at radius 2 is 2.05 bits per heavy atom. The SMILES string of the molecule is COCCNC(=NCc1ccccc1C(F)(F)F)NN. The van der Waals surface area contributed by atoms with Crippen LogP contribution in [0, 0.1) is 0 Å². The maximum Gasteiger partial charge on any atom is 0.416 e. The molecule has 5 nitrogen and oxygen atoms in total. The molecule has 0 heterocycles. The first-order valence-electron chi connectivity index (χ1n) is 5.88. The van der Waals surface area contributed by atoms with Crippen LogP contribution in [-0.2, 0) is 17.5 Å². The molecule has 0 fully saturated rings. The monoisotopic (exact) mass is 290 g/mol. The Kier molecular flexibility index (Phi) is 6.26. The molecule has 1 rings (SSSR count). The van der Waals surface area contributed by atoms with Crippen molar-refractivity contribution in [3.8, 4) is 0 Å². The molecule has 8 heteroatoms. The number of aliphatic imine (C=N–C) groups is 1. The van der Waals surface area contributed by atoms with Crippen LogP contribution in [0.5, 0.6) is 0 Å². The zero-order chi connectivity index (χ0) is 15.0. The van der Waals surface area contributed by atoms with Crippen molar-refractivity contribution in [3.05, 3.63) is 35.4 Å². The minimum absolute atomic E-state index is 0.0845. The summed E-state index contributed by atoms with van der Waals surface area (Å²) >= 11 is 0. The Morgan fingerprint density at radius 3 is 2.65 bits per heavy atom. The first-order chi connectivity index (χ1) is 9.49. The summed E-state index contributed by atoms with van der Waals surface area (Å²) in [6, 6.07) is 5.29. The lowest BCUT2D eigenvalue weighted by Crippen LogP contribution is -2.42. The van der Waals surface area contributed by atoms with Crippen LogP contribution in [0.3, 0.4) is 0 Å². The molecule has 0 atom stereocenters. The highest BCUT2D eigenvalue weighted by atomic mass is 19.4. The van der Waals surface area contributed by atoms with Gasteiger partial charge in [-0.05, 0) is 11.6 Å². The lowest BCUT2D eigenvalue weighted by atomic mass is 10.1. The van der Waals surface area contributed by atoms with Crippen molar-refractivity contribution in [1.82, 2.24) is 10.7 Å². The van der Waals surface area contributed by atoms with Crippen LogP contribution in [-0.4, -0.2) is 26.2 Å². The number of alkyl halides is 3. The standard InChI is InChI=1S/C12H17F3N4O/c1-20-7-6-17-11(19-16)18-8-9-4-2-3-5-10(9)12(13,14)15/h2-5H,6-8,16H2,1H3,(H2,17,18,19). The van der Waals surface area contributed by atoms with Crippen molar-refractivity contribution in [3.63, 3.8) is 0 Å². The molecule has 0 aliphatic carbocycles. The number of hydrazine groups is 1. The number of rotatable bonds is 5. The molecule has 0 amide bonds. The Labute approximate surface area is 115 Å². The largest absolute Gasteiger partial charge is 0.416 e. The molecule has 0 saturated heterocycles. The van der Waals surface area contributed by atoms with Crippen molar-refractivity contribution < 1.29 is 17.9 Å². The van der Waals surface area contributed by atoms with Crippen LogP contribution >= 0.6 is 0 Å². The minimum atomic E-state index is -4.40. The van der Waals surface area contributed by atoms with E-state index in [1.807, 2.05) is 0 Å². The maximum atomic E-state index is 12.8. The van der Waals surface area contributed by atoms with E-state index in [2.05, 4.69) is 15.7 Å². The molecule has 0 spiro atoms. The number of ether oxygens (including phenoxy) is 1. The number of nitrogens with zero attached hydrogens (tertiary/aromatic N) is 1. The van der Waals surface area contributed by atoms with Gasteiger partial charge in [0, 0.05) is 13.7 Å². The number of nitrogens with two attached hydrogens (primary N) is 1. The highest BCUT2D eigenvalue weighted by Gasteiger charge is 2.32. The van der Waals surface area contributed by atoms with Crippen LogP contribution in [0.15, 0.2) is 29.3 Å². The number of benzene rings is 1. The van der Waals surface area contributed by atoms with E-state index in [0.29, 0.717) is 13.2 Å². The second-order valence-electron chi connectivity index (χ2n) is 3.88. The zero-order valence-electron chi connectivity index (χ0n) is 11.0. The topological polar surface area (TPSA) is 71.7 Å². The first kappa shape index (κ1) is 16.3. The average molecular weight is 290 g/mol. The van der Waals surface area contributed by atoms with Gasteiger partial charge in [-0.15, -0.1) is 0 Å². The second kappa shape index (κ2) is 7.71. The number of methoxy groups -OCH3 is 1. The minimum Gasteiger partial charge on any atom is -0.383 e. The molecule has 20 heavy (non-hydrogen) atoms. The van der Waals surface area contributed by atoms with Gasteiger partial charge in [-0.25, -0.2) is 10.8 Å². The van der Waals surface area contributed by atoms with Crippen molar-refractivity contribution in [1.29, 1.82) is 0 Å². The normalized spacial score (nSPS) is 12.3. The predicted molar refractivity (Wildman–Crippen MR) is 69.8 cm³/mol. The van der Waals surface area contributed by atoms with Crippen LogP contribution in [0.1, 0.15) is 11.1 Å². The molecule has 112 valence electrons. The van der Waals surface area contributed by atoms with Gasteiger partial charge in [0.05, 0.1) is 18.7 Å². The van der Waals surface area contributed by atoms with E-state index in [-0.39, 0.29) is 18.1 Å². The molecule has 0 radical (unpaired) electrons. The lowest BCUT2D eigenvalue weighted by Gasteiger charge is -2.12. The molecule has 1 aromatic carbocycles. The van der Waals surface area contributed by atoms with E-state index < -0.39 is 11.7 Å². The molecule has 0 unspecified atom stereocenters. The third-order valence-corrected chi connectivity index (χ3v) is 2.47. The van der Waals surface area contributed by atoms with Crippen molar-refractivity contribution >= 4 is 5.96 Å². The van der Waals surface area contributed by atoms with Gasteiger partial charge in [-0.3, -0.25) is 5.43 Å². The Bertz CT molecular complexity index is 449. The first-order valence-corrected chi connectivity index (χ1v) is 5.88. The summed E-state index contributed by atoms with van der Waals surface area (Å²) in [5.41, 5.74) is 1.68. The van der Waals surface area contributed by atoms with E-state index >= 15 is 0 Å². The summed E-state index contributed by atoms with van der Waals surface area (Å²) in [5, 5.41) is 2.81. The van der Waals surface area contributed by atoms with Gasteiger partial charge in [0.25, 0.3) is 0 Å². The van der Waals surface area contributed by atoms with Gasteiger partial charge in [0.2, 0.25) is 5.96 Å². The van der Waals surface area contributed by atoms with Gasteiger partial charge in [0.1, 0.15) is 0 Å². The number of hydrogen-bond acceptors (Lipinski definition) is 3. The molecule has 1 aromatic rings. The fourth-order valence-electron chi connectivity index (χ4n) is 1.52. The zero-order valence-corrected chi connectivity index (χ0v) is 11.0. The van der Waals surface area contributed by atoms with Gasteiger partial charge < -0.3 is 10.1 Å². The highest BCUT2D eigenvalue weighted by Crippen LogP contribution is 2.32. The van der Waals surface area contributed by atoms with Gasteiger partial charge in [-0.1, -0.05) is 18.2 Å². The summed E-state index contributed by atoms with van der Waals surface area (Å²) in [4.78, 5) is 3.97. The fraction of sp³-hybridized carbons (Fsp3) is 0.417. The number of halogens is 3. The second-order valence-corrected chi connectivity index (χ2v) is 3.88. The van der Waals surface area contributed by atoms with Crippen molar-refractivity contribution in [2.75, 3.05) is 20.3 Å². The van der Waals surface area contributed by atoms with E-state index in [9.17, 15) is 13.2 Å². The van der Waals surface area contributed by atoms with Gasteiger partial charge in [-0.2, -0.15) is 13.2 Å². The van der Waals surface area contributed by atoms with E-state index in [4.69, 9.17) is 10.6 Å². The lowest BCUT2D eigenvalue weighted by molar-refractivity contribution is -0.138. The van der Waals surface area contributed by atoms with E-state index in [1.165, 1.54) is 25.3 Å². The van der Waals surface area contributed by atoms with Crippen LogP contribution in [0.4, 0.5) is 13.2 Å². The molecular weight excluding hydrogens is 273 g/mol. The van der Waals surface area contributed by atoms with Gasteiger partial charge >= 0.3 is 6.18 Å². The molecular formula is C12H17F3N4O. The molecule has 0 saturated carbocycles. The molecule has 0 aliphatic rings. The van der Waals surface area contributed by atoms with Crippen LogP contribution < -0.4 is 16.6 Å². The molecule has 0 bridgehead atoms. The molecule has 4 N–H and O–H groups in total. The maximum absolute atomic E-state index is 12.8. The number of nitrogens with one attached hydrogen (secondary N) is 2. The van der Waals surface area contributed by atoms with Crippen LogP contribution in [0.2, 0.25) is 0 Å². The number of hydrogen-bond donors (Lipinski definition) is 3. The average Bonchev–Trinajstić information content (AvgIpc) is 2.42. The quantitative estimate of drug-likeness (QED) is 0.251. The Balaban J connectivity index is 2.77. The summed E-state index contributed by atoms with van der Waals surface area (Å²) in [5.74, 6) is 5.44. The summed E-state index contributed by atoms with van der Waals surface area (Å²) in [6.07, 6.45) is -4.40. The van der Waals surface area contributed by atoms with Crippen LogP contribution in [0.25, 0.3) is 0 Å². The predicted octanol–water partition coefficient (Wildman–Crippen LogP) is 1.26. The summed E-state index contributed by atoms with van der Waals surface area (Å²) in [6.45, 7) is 0.746. The fourth-order valence-corrected chi connectivity index (χ4v) is 1.52. The van der Waals surface area contributed by atoms with Crippen molar-refractivity contribution in [2.24, 2.45) is 10.8 Å². The molecule has 0 aromatic heterocycles. The van der Waals surface area contributed by atoms with E-state index in [0.717, 1.165) is 6.07 Å². The Hall–Kier alpha value is -1.80. The van der Waals surface area contributed by atoms with Gasteiger partial charge in [0.15, 0.2) is 0 Å². The third kappa shape index (κ3) is 5.06. The summed E-state index contributed by atoms with van der Waals surface area (Å²) in [7, 11) is 1.54. The van der Waals surface area contributed by atoms with E-state index in [1.54, 1.807) is 0 Å². The third-order valence-electron chi connectivity index (χ3n) is 2.47. The van der Waals surface area contributed by atoms with Crippen molar-refractivity contribution in [2.45, 2.75) is 12.7 Å². The highest BCUT2D eigenvalue weighted by molar-refractivity contribution is 5.79. The molecule has 0 aliphatic heterocycles.